The molecule has 0 aromatic heterocycles. The normalized spacial score (nSPS) is 41.7. The Morgan fingerprint density at radius 1 is 1.20 bits per heavy atom. The molecule has 0 aromatic rings. The summed E-state index contributed by atoms with van der Waals surface area (Å²) in [5.74, 6) is 1.80. The number of hydrogen-bond donors (Lipinski definition) is 0. The molecule has 10 heavy (non-hydrogen) atoms. The van der Waals surface area contributed by atoms with Crippen molar-refractivity contribution in [1.82, 2.24) is 0 Å². The Bertz CT molecular complexity index is 95.4. The van der Waals surface area contributed by atoms with E-state index in [0.717, 1.165) is 11.8 Å². The molecule has 1 aliphatic rings. The fraction of sp³-hybridized carbons (Fsp3) is 1.00. The molecule has 0 radical (unpaired) electrons. The summed E-state index contributed by atoms with van der Waals surface area (Å²) in [6.07, 6.45) is 4.06. The van der Waals surface area contributed by atoms with Crippen LogP contribution in [0.3, 0.4) is 0 Å². The summed E-state index contributed by atoms with van der Waals surface area (Å²) in [5.41, 5.74) is 0. The van der Waals surface area contributed by atoms with Crippen LogP contribution < -0.4 is 0 Å². The molecule has 0 amide bonds. The third-order valence-corrected chi connectivity index (χ3v) is 4.67. The van der Waals surface area contributed by atoms with Crippen molar-refractivity contribution in [1.29, 1.82) is 0 Å². The van der Waals surface area contributed by atoms with Crippen LogP contribution in [-0.4, -0.2) is 19.4 Å². The van der Waals surface area contributed by atoms with E-state index in [1.165, 1.54) is 18.7 Å². The number of hydrogen-bond acceptors (Lipinski definition) is 1. The van der Waals surface area contributed by atoms with Gasteiger partial charge >= 0.3 is 0 Å². The van der Waals surface area contributed by atoms with Gasteiger partial charge in [-0.3, -0.25) is 0 Å². The molecule has 0 aromatic carbocycles. The van der Waals surface area contributed by atoms with Gasteiger partial charge in [-0.05, 0) is 30.6 Å². The van der Waals surface area contributed by atoms with E-state index >= 15 is 0 Å². The van der Waals surface area contributed by atoms with Gasteiger partial charge in [-0.25, -0.2) is 0 Å². The van der Waals surface area contributed by atoms with E-state index < -0.39 is 0 Å². The van der Waals surface area contributed by atoms with Crippen molar-refractivity contribution in [3.63, 3.8) is 0 Å². The lowest BCUT2D eigenvalue weighted by Gasteiger charge is -2.29. The zero-order chi connectivity index (χ0) is 7.56. The Hall–Kier alpha value is 0.390. The van der Waals surface area contributed by atoms with Crippen LogP contribution in [0, 0.1) is 11.8 Å². The third kappa shape index (κ3) is 2.21. The van der Waals surface area contributed by atoms with Crippen molar-refractivity contribution in [2.75, 3.05) is 19.4 Å². The molecule has 0 bridgehead atoms. The lowest BCUT2D eigenvalue weighted by molar-refractivity contribution is 0.397. The minimum atomic E-state index is -0.0482. The highest BCUT2D eigenvalue weighted by molar-refractivity contribution is 7.52. The SMILES string of the molecule is COP1C[C@H](C)C[C@H](C)C1. The van der Waals surface area contributed by atoms with Crippen molar-refractivity contribution in [3.8, 4) is 0 Å². The minimum Gasteiger partial charge on any atom is -0.362 e. The van der Waals surface area contributed by atoms with E-state index in [4.69, 9.17) is 4.52 Å². The van der Waals surface area contributed by atoms with Gasteiger partial charge in [-0.1, -0.05) is 13.8 Å². The van der Waals surface area contributed by atoms with E-state index in [2.05, 4.69) is 13.8 Å². The molecule has 1 fully saturated rings. The van der Waals surface area contributed by atoms with Crippen LogP contribution in [0.1, 0.15) is 20.3 Å². The maximum atomic E-state index is 5.40. The average molecular weight is 160 g/mol. The highest BCUT2D eigenvalue weighted by Crippen LogP contribution is 2.45. The Morgan fingerprint density at radius 3 is 2.10 bits per heavy atom. The van der Waals surface area contributed by atoms with E-state index in [9.17, 15) is 0 Å². The maximum Gasteiger partial charge on any atom is 0.0398 e. The summed E-state index contributed by atoms with van der Waals surface area (Å²) in [5, 5.41) is 0. The zero-order valence-corrected chi connectivity index (χ0v) is 8.03. The first-order valence-electron chi connectivity index (χ1n) is 4.01. The van der Waals surface area contributed by atoms with Gasteiger partial charge in [0.2, 0.25) is 0 Å². The van der Waals surface area contributed by atoms with Crippen molar-refractivity contribution >= 4 is 8.15 Å². The fourth-order valence-electron chi connectivity index (χ4n) is 1.75. The lowest BCUT2D eigenvalue weighted by atomic mass is 10.00. The quantitative estimate of drug-likeness (QED) is 0.536. The summed E-state index contributed by atoms with van der Waals surface area (Å²) in [7, 11) is 1.81. The van der Waals surface area contributed by atoms with Gasteiger partial charge in [-0.15, -0.1) is 0 Å². The zero-order valence-electron chi connectivity index (χ0n) is 7.13. The monoisotopic (exact) mass is 160 g/mol. The average Bonchev–Trinajstić information content (AvgIpc) is 1.85. The molecule has 3 atom stereocenters. The highest BCUT2D eigenvalue weighted by atomic mass is 31.1. The lowest BCUT2D eigenvalue weighted by Crippen LogP contribution is -2.17. The van der Waals surface area contributed by atoms with Gasteiger partial charge < -0.3 is 4.52 Å². The first-order valence-corrected chi connectivity index (χ1v) is 5.64. The van der Waals surface area contributed by atoms with Crippen molar-refractivity contribution in [3.05, 3.63) is 0 Å². The molecule has 0 spiro atoms. The molecule has 1 aliphatic heterocycles. The Kier molecular flexibility index (Phi) is 3.13. The molecule has 1 heterocycles. The molecule has 2 heteroatoms. The second kappa shape index (κ2) is 3.69. The molecule has 1 nitrogen and oxygen atoms in total. The molecule has 1 rings (SSSR count). The van der Waals surface area contributed by atoms with Crippen LogP contribution in [0.15, 0.2) is 0 Å². The largest absolute Gasteiger partial charge is 0.362 e. The van der Waals surface area contributed by atoms with Gasteiger partial charge in [0.15, 0.2) is 0 Å². The van der Waals surface area contributed by atoms with E-state index in [0.29, 0.717) is 0 Å². The number of rotatable bonds is 1. The molecule has 0 N–H and O–H groups in total. The molecular formula is C8H17OP. The second-order valence-corrected chi connectivity index (χ2v) is 5.53. The molecule has 60 valence electrons. The van der Waals surface area contributed by atoms with Crippen LogP contribution in [0.25, 0.3) is 0 Å². The summed E-state index contributed by atoms with van der Waals surface area (Å²) in [6, 6.07) is 0. The predicted octanol–water partition coefficient (Wildman–Crippen LogP) is 2.71. The van der Waals surface area contributed by atoms with Gasteiger partial charge in [0.25, 0.3) is 0 Å². The molecule has 0 saturated carbocycles. The molecular weight excluding hydrogens is 143 g/mol. The molecule has 1 saturated heterocycles. The van der Waals surface area contributed by atoms with Crippen LogP contribution in [0.2, 0.25) is 0 Å². The maximum absolute atomic E-state index is 5.40. The van der Waals surface area contributed by atoms with Crippen LogP contribution in [-0.2, 0) is 4.52 Å². The molecule has 1 unspecified atom stereocenters. The Labute approximate surface area is 65.0 Å². The smallest absolute Gasteiger partial charge is 0.0398 e. The minimum absolute atomic E-state index is 0.0482. The highest BCUT2D eigenvalue weighted by Gasteiger charge is 2.23. The molecule has 0 aliphatic carbocycles. The van der Waals surface area contributed by atoms with Gasteiger partial charge in [0.05, 0.1) is 0 Å². The topological polar surface area (TPSA) is 9.23 Å². The van der Waals surface area contributed by atoms with Gasteiger partial charge in [-0.2, -0.15) is 0 Å². The summed E-state index contributed by atoms with van der Waals surface area (Å²) in [4.78, 5) is 0. The van der Waals surface area contributed by atoms with E-state index in [-0.39, 0.29) is 8.15 Å². The van der Waals surface area contributed by atoms with Crippen molar-refractivity contribution in [2.45, 2.75) is 20.3 Å². The van der Waals surface area contributed by atoms with Crippen molar-refractivity contribution < 1.29 is 4.52 Å². The van der Waals surface area contributed by atoms with Crippen molar-refractivity contribution in [2.24, 2.45) is 11.8 Å². The first kappa shape index (κ1) is 8.49. The Morgan fingerprint density at radius 2 is 1.70 bits per heavy atom. The second-order valence-electron chi connectivity index (χ2n) is 3.48. The fourth-order valence-corrected chi connectivity index (χ4v) is 3.89. The van der Waals surface area contributed by atoms with E-state index in [1.54, 1.807) is 0 Å². The third-order valence-electron chi connectivity index (χ3n) is 2.09. The van der Waals surface area contributed by atoms with E-state index in [1.807, 2.05) is 7.11 Å². The Balaban J connectivity index is 2.35. The van der Waals surface area contributed by atoms with Gasteiger partial charge in [0.1, 0.15) is 0 Å². The summed E-state index contributed by atoms with van der Waals surface area (Å²) in [6.45, 7) is 4.67. The predicted molar refractivity (Wildman–Crippen MR) is 46.6 cm³/mol. The van der Waals surface area contributed by atoms with Crippen LogP contribution in [0.4, 0.5) is 0 Å². The first-order chi connectivity index (χ1) is 4.72. The van der Waals surface area contributed by atoms with Gasteiger partial charge in [0, 0.05) is 15.3 Å². The van der Waals surface area contributed by atoms with Crippen LogP contribution >= 0.6 is 8.15 Å². The summed E-state index contributed by atoms with van der Waals surface area (Å²) < 4.78 is 5.40. The summed E-state index contributed by atoms with van der Waals surface area (Å²) >= 11 is 0. The standard InChI is InChI=1S/C8H17OP/c1-7-4-8(2)6-10(5-7)9-3/h7-8H,4-6H2,1-3H3/t7-,8+,10?. The van der Waals surface area contributed by atoms with Crippen LogP contribution in [0.5, 0.6) is 0 Å².